The number of aromatic nitrogens is 2. The SMILES string of the molecule is CCCCn1c(N)c(NC2(C)CCCC2)c(=O)n(C)c1=O. The largest absolute Gasteiger partial charge is 0.383 e. The molecule has 0 atom stereocenters. The molecule has 6 nitrogen and oxygen atoms in total. The molecule has 1 aliphatic carbocycles. The van der Waals surface area contributed by atoms with Crippen LogP contribution in [0.4, 0.5) is 11.5 Å². The van der Waals surface area contributed by atoms with E-state index >= 15 is 0 Å². The van der Waals surface area contributed by atoms with Crippen molar-refractivity contribution in [2.75, 3.05) is 11.1 Å². The van der Waals surface area contributed by atoms with Crippen LogP contribution < -0.4 is 22.3 Å². The fraction of sp³-hybridized carbons (Fsp3) is 0.733. The smallest absolute Gasteiger partial charge is 0.332 e. The lowest BCUT2D eigenvalue weighted by Gasteiger charge is -2.28. The molecule has 1 fully saturated rings. The van der Waals surface area contributed by atoms with Crippen LogP contribution in [0.3, 0.4) is 0 Å². The molecule has 2 rings (SSSR count). The molecular formula is C15H26N4O2. The Kier molecular flexibility index (Phi) is 4.44. The highest BCUT2D eigenvalue weighted by Gasteiger charge is 2.30. The Hall–Kier alpha value is -1.72. The van der Waals surface area contributed by atoms with Crippen LogP contribution >= 0.6 is 0 Å². The van der Waals surface area contributed by atoms with Gasteiger partial charge in [-0.25, -0.2) is 4.79 Å². The molecular weight excluding hydrogens is 268 g/mol. The fourth-order valence-corrected chi connectivity index (χ4v) is 3.02. The molecule has 0 aliphatic heterocycles. The van der Waals surface area contributed by atoms with Crippen molar-refractivity contribution in [3.63, 3.8) is 0 Å². The lowest BCUT2D eigenvalue weighted by Crippen LogP contribution is -2.43. The second-order valence-electron chi connectivity index (χ2n) is 6.30. The lowest BCUT2D eigenvalue weighted by atomic mass is 10.0. The summed E-state index contributed by atoms with van der Waals surface area (Å²) >= 11 is 0. The van der Waals surface area contributed by atoms with Gasteiger partial charge in [-0.2, -0.15) is 0 Å². The van der Waals surface area contributed by atoms with Crippen LogP contribution in [-0.4, -0.2) is 14.7 Å². The van der Waals surface area contributed by atoms with E-state index in [4.69, 9.17) is 5.73 Å². The predicted octanol–water partition coefficient (Wildman–Crippen LogP) is 1.67. The van der Waals surface area contributed by atoms with Crippen molar-refractivity contribution >= 4 is 11.5 Å². The second kappa shape index (κ2) is 5.95. The number of hydrogen-bond donors (Lipinski definition) is 2. The van der Waals surface area contributed by atoms with Crippen LogP contribution in [0.15, 0.2) is 9.59 Å². The minimum absolute atomic E-state index is 0.104. The monoisotopic (exact) mass is 294 g/mol. The first-order valence-corrected chi connectivity index (χ1v) is 7.77. The maximum Gasteiger partial charge on any atom is 0.332 e. The summed E-state index contributed by atoms with van der Waals surface area (Å²) in [5.74, 6) is 0.268. The Morgan fingerprint density at radius 3 is 2.48 bits per heavy atom. The normalized spacial score (nSPS) is 17.1. The Balaban J connectivity index is 2.47. The first kappa shape index (κ1) is 15.7. The minimum atomic E-state index is -0.340. The minimum Gasteiger partial charge on any atom is -0.383 e. The fourth-order valence-electron chi connectivity index (χ4n) is 3.02. The molecule has 0 spiro atoms. The van der Waals surface area contributed by atoms with Crippen LogP contribution in [0, 0.1) is 0 Å². The van der Waals surface area contributed by atoms with Gasteiger partial charge in [-0.05, 0) is 26.2 Å². The zero-order valence-corrected chi connectivity index (χ0v) is 13.2. The van der Waals surface area contributed by atoms with Gasteiger partial charge < -0.3 is 11.1 Å². The molecule has 1 saturated carbocycles. The van der Waals surface area contributed by atoms with Crippen LogP contribution in [0.1, 0.15) is 52.4 Å². The van der Waals surface area contributed by atoms with Gasteiger partial charge in [-0.15, -0.1) is 0 Å². The Labute approximate surface area is 125 Å². The van der Waals surface area contributed by atoms with E-state index in [1.807, 2.05) is 0 Å². The van der Waals surface area contributed by atoms with Crippen LogP contribution in [-0.2, 0) is 13.6 Å². The van der Waals surface area contributed by atoms with Crippen molar-refractivity contribution in [3.05, 3.63) is 20.8 Å². The third kappa shape index (κ3) is 2.99. The summed E-state index contributed by atoms with van der Waals surface area (Å²) in [7, 11) is 1.51. The summed E-state index contributed by atoms with van der Waals surface area (Å²) in [6.45, 7) is 4.71. The van der Waals surface area contributed by atoms with Crippen molar-refractivity contribution < 1.29 is 0 Å². The van der Waals surface area contributed by atoms with E-state index in [2.05, 4.69) is 19.2 Å². The Morgan fingerprint density at radius 2 is 1.90 bits per heavy atom. The van der Waals surface area contributed by atoms with Gasteiger partial charge in [-0.1, -0.05) is 26.2 Å². The molecule has 0 radical (unpaired) electrons. The van der Waals surface area contributed by atoms with Gasteiger partial charge in [0, 0.05) is 19.1 Å². The first-order valence-electron chi connectivity index (χ1n) is 7.77. The highest BCUT2D eigenvalue weighted by molar-refractivity contribution is 5.62. The van der Waals surface area contributed by atoms with E-state index in [1.54, 1.807) is 0 Å². The van der Waals surface area contributed by atoms with Crippen molar-refractivity contribution in [2.24, 2.45) is 7.05 Å². The number of nitrogens with one attached hydrogen (secondary N) is 1. The molecule has 1 aromatic heterocycles. The summed E-state index contributed by atoms with van der Waals surface area (Å²) in [6, 6.07) is 0. The summed E-state index contributed by atoms with van der Waals surface area (Å²) in [6.07, 6.45) is 6.17. The third-order valence-electron chi connectivity index (χ3n) is 4.45. The summed E-state index contributed by atoms with van der Waals surface area (Å²) < 4.78 is 2.65. The lowest BCUT2D eigenvalue weighted by molar-refractivity contribution is 0.525. The molecule has 3 N–H and O–H groups in total. The summed E-state index contributed by atoms with van der Waals surface area (Å²) in [4.78, 5) is 24.6. The number of nitrogens with zero attached hydrogens (tertiary/aromatic N) is 2. The molecule has 118 valence electrons. The molecule has 0 bridgehead atoms. The molecule has 1 aliphatic rings. The standard InChI is InChI=1S/C15H26N4O2/c1-4-5-10-19-12(16)11(13(20)18(3)14(19)21)17-15(2)8-6-7-9-15/h17H,4-10,16H2,1-3H3. The maximum absolute atomic E-state index is 12.4. The molecule has 1 heterocycles. The van der Waals surface area contributed by atoms with Gasteiger partial charge in [0.15, 0.2) is 0 Å². The highest BCUT2D eigenvalue weighted by Crippen LogP contribution is 2.32. The molecule has 0 aromatic carbocycles. The maximum atomic E-state index is 12.4. The zero-order valence-electron chi connectivity index (χ0n) is 13.2. The molecule has 0 amide bonds. The number of nitrogens with two attached hydrogens (primary N) is 1. The first-order chi connectivity index (χ1) is 9.89. The quantitative estimate of drug-likeness (QED) is 0.865. The van der Waals surface area contributed by atoms with E-state index in [0.29, 0.717) is 12.2 Å². The van der Waals surface area contributed by atoms with Crippen LogP contribution in [0.5, 0.6) is 0 Å². The van der Waals surface area contributed by atoms with Crippen molar-refractivity contribution in [2.45, 2.75) is 64.5 Å². The Bertz CT molecular complexity index is 624. The van der Waals surface area contributed by atoms with Gasteiger partial charge >= 0.3 is 5.69 Å². The predicted molar refractivity (Wildman–Crippen MR) is 85.8 cm³/mol. The number of rotatable bonds is 5. The highest BCUT2D eigenvalue weighted by atomic mass is 16.2. The molecule has 6 heteroatoms. The molecule has 0 saturated heterocycles. The van der Waals surface area contributed by atoms with Crippen molar-refractivity contribution in [3.8, 4) is 0 Å². The molecule has 1 aromatic rings. The van der Waals surface area contributed by atoms with Gasteiger partial charge in [0.25, 0.3) is 5.56 Å². The number of nitrogen functional groups attached to an aromatic ring is 1. The van der Waals surface area contributed by atoms with E-state index < -0.39 is 0 Å². The second-order valence-corrected chi connectivity index (χ2v) is 6.30. The van der Waals surface area contributed by atoms with E-state index in [1.165, 1.54) is 11.6 Å². The number of hydrogen-bond acceptors (Lipinski definition) is 4. The number of anilines is 2. The van der Waals surface area contributed by atoms with E-state index in [-0.39, 0.29) is 22.6 Å². The van der Waals surface area contributed by atoms with Gasteiger partial charge in [0.1, 0.15) is 11.5 Å². The summed E-state index contributed by atoms with van der Waals surface area (Å²) in [5, 5.41) is 3.32. The van der Waals surface area contributed by atoms with E-state index in [9.17, 15) is 9.59 Å². The van der Waals surface area contributed by atoms with Crippen molar-refractivity contribution in [1.82, 2.24) is 9.13 Å². The topological polar surface area (TPSA) is 82.0 Å². The molecule has 0 unspecified atom stereocenters. The summed E-state index contributed by atoms with van der Waals surface area (Å²) in [5.41, 5.74) is 5.71. The van der Waals surface area contributed by atoms with Gasteiger partial charge in [0.2, 0.25) is 0 Å². The van der Waals surface area contributed by atoms with Crippen LogP contribution in [0.2, 0.25) is 0 Å². The van der Waals surface area contributed by atoms with Gasteiger partial charge in [-0.3, -0.25) is 13.9 Å². The van der Waals surface area contributed by atoms with E-state index in [0.717, 1.165) is 43.1 Å². The van der Waals surface area contributed by atoms with Crippen LogP contribution in [0.25, 0.3) is 0 Å². The number of unbranched alkanes of at least 4 members (excludes halogenated alkanes) is 1. The Morgan fingerprint density at radius 1 is 1.29 bits per heavy atom. The van der Waals surface area contributed by atoms with Gasteiger partial charge in [0.05, 0.1) is 0 Å². The average Bonchev–Trinajstić information content (AvgIpc) is 2.88. The molecule has 21 heavy (non-hydrogen) atoms. The van der Waals surface area contributed by atoms with Crippen molar-refractivity contribution in [1.29, 1.82) is 0 Å². The average molecular weight is 294 g/mol. The zero-order chi connectivity index (χ0) is 15.6. The third-order valence-corrected chi connectivity index (χ3v) is 4.45.